The first-order valence-electron chi connectivity index (χ1n) is 5.60. The number of hydrogen-bond donors (Lipinski definition) is 1. The largest absolute Gasteiger partial charge is 0.374 e. The van der Waals surface area contributed by atoms with Crippen molar-refractivity contribution in [1.29, 1.82) is 0 Å². The second-order valence-electron chi connectivity index (χ2n) is 4.24. The zero-order chi connectivity index (χ0) is 12.4. The molecule has 0 amide bonds. The Morgan fingerprint density at radius 1 is 1.47 bits per heavy atom. The molecule has 2 rings (SSSR count). The summed E-state index contributed by atoms with van der Waals surface area (Å²) in [6, 6.07) is 5.65. The average Bonchev–Trinajstić information content (AvgIpc) is 2.30. The predicted molar refractivity (Wildman–Crippen MR) is 70.6 cm³/mol. The number of nitrogens with two attached hydrogens (primary N) is 1. The summed E-state index contributed by atoms with van der Waals surface area (Å²) in [5, 5.41) is 1.31. The Morgan fingerprint density at radius 2 is 2.24 bits per heavy atom. The van der Waals surface area contributed by atoms with Gasteiger partial charge in [0.25, 0.3) is 0 Å². The Kier molecular flexibility index (Phi) is 4.28. The van der Waals surface area contributed by atoms with E-state index in [0.29, 0.717) is 23.2 Å². The highest BCUT2D eigenvalue weighted by atomic mass is 35.5. The van der Waals surface area contributed by atoms with Crippen LogP contribution in [0.3, 0.4) is 0 Å². The van der Waals surface area contributed by atoms with E-state index in [9.17, 15) is 0 Å². The van der Waals surface area contributed by atoms with Gasteiger partial charge in [0.05, 0.1) is 18.8 Å². The molecule has 1 fully saturated rings. The van der Waals surface area contributed by atoms with Gasteiger partial charge in [-0.05, 0) is 24.7 Å². The van der Waals surface area contributed by atoms with E-state index in [1.54, 1.807) is 6.07 Å². The molecule has 2 atom stereocenters. The van der Waals surface area contributed by atoms with E-state index in [1.165, 1.54) is 0 Å². The van der Waals surface area contributed by atoms with Gasteiger partial charge in [-0.25, -0.2) is 0 Å². The standard InChI is InChI=1S/C12H16Cl2N2O/c1-16-4-5-17-11(7-15)12(16)9-3-2-8(13)6-10(9)14/h2-3,6,11-12H,4-5,7,15H2,1H3. The number of halogens is 2. The van der Waals surface area contributed by atoms with Crippen LogP contribution in [0.4, 0.5) is 0 Å². The van der Waals surface area contributed by atoms with Crippen molar-refractivity contribution in [2.24, 2.45) is 5.73 Å². The first-order chi connectivity index (χ1) is 8.13. The van der Waals surface area contributed by atoms with Crippen molar-refractivity contribution in [2.45, 2.75) is 12.1 Å². The normalized spacial score (nSPS) is 26.1. The third kappa shape index (κ3) is 2.75. The number of hydrogen-bond acceptors (Lipinski definition) is 3. The summed E-state index contributed by atoms with van der Waals surface area (Å²) < 4.78 is 5.69. The van der Waals surface area contributed by atoms with Crippen molar-refractivity contribution >= 4 is 23.2 Å². The van der Waals surface area contributed by atoms with Gasteiger partial charge in [0.15, 0.2) is 0 Å². The summed E-state index contributed by atoms with van der Waals surface area (Å²) >= 11 is 12.2. The number of likely N-dealkylation sites (N-methyl/N-ethyl adjacent to an activating group) is 1. The monoisotopic (exact) mass is 274 g/mol. The Labute approximate surface area is 111 Å². The number of nitrogens with zero attached hydrogens (tertiary/aromatic N) is 1. The second-order valence-corrected chi connectivity index (χ2v) is 5.08. The first-order valence-corrected chi connectivity index (χ1v) is 6.36. The summed E-state index contributed by atoms with van der Waals surface area (Å²) in [6.07, 6.45) is -0.0209. The fraction of sp³-hybridized carbons (Fsp3) is 0.500. The van der Waals surface area contributed by atoms with Crippen molar-refractivity contribution in [3.05, 3.63) is 33.8 Å². The molecular formula is C12H16Cl2N2O. The van der Waals surface area contributed by atoms with E-state index >= 15 is 0 Å². The third-order valence-corrected chi connectivity index (χ3v) is 3.68. The third-order valence-electron chi connectivity index (χ3n) is 3.12. The van der Waals surface area contributed by atoms with Crippen molar-refractivity contribution < 1.29 is 4.74 Å². The zero-order valence-electron chi connectivity index (χ0n) is 9.70. The minimum atomic E-state index is -0.0209. The fourth-order valence-corrected chi connectivity index (χ4v) is 2.76. The average molecular weight is 275 g/mol. The van der Waals surface area contributed by atoms with Crippen LogP contribution in [0.15, 0.2) is 18.2 Å². The highest BCUT2D eigenvalue weighted by Crippen LogP contribution is 2.33. The van der Waals surface area contributed by atoms with Crippen LogP contribution in [0, 0.1) is 0 Å². The second kappa shape index (κ2) is 5.55. The fourth-order valence-electron chi connectivity index (χ4n) is 2.24. The molecule has 0 spiro atoms. The van der Waals surface area contributed by atoms with E-state index in [-0.39, 0.29) is 12.1 Å². The van der Waals surface area contributed by atoms with Gasteiger partial charge in [-0.2, -0.15) is 0 Å². The quantitative estimate of drug-likeness (QED) is 0.900. The van der Waals surface area contributed by atoms with Crippen LogP contribution in [-0.2, 0) is 4.74 Å². The van der Waals surface area contributed by atoms with Gasteiger partial charge in [0.1, 0.15) is 0 Å². The zero-order valence-corrected chi connectivity index (χ0v) is 11.2. The molecule has 5 heteroatoms. The molecule has 0 aromatic heterocycles. The smallest absolute Gasteiger partial charge is 0.0894 e. The summed E-state index contributed by atoms with van der Waals surface area (Å²) in [6.45, 7) is 2.06. The van der Waals surface area contributed by atoms with E-state index in [4.69, 9.17) is 33.7 Å². The lowest BCUT2D eigenvalue weighted by molar-refractivity contribution is -0.0576. The molecule has 1 heterocycles. The van der Waals surface area contributed by atoms with Crippen LogP contribution in [0.25, 0.3) is 0 Å². The van der Waals surface area contributed by atoms with Gasteiger partial charge >= 0.3 is 0 Å². The van der Waals surface area contributed by atoms with Crippen LogP contribution < -0.4 is 5.73 Å². The van der Waals surface area contributed by atoms with Gasteiger partial charge in [0.2, 0.25) is 0 Å². The van der Waals surface area contributed by atoms with Gasteiger partial charge in [-0.1, -0.05) is 29.3 Å². The maximum absolute atomic E-state index is 6.24. The molecule has 3 nitrogen and oxygen atoms in total. The molecule has 0 saturated carbocycles. The van der Waals surface area contributed by atoms with Gasteiger partial charge < -0.3 is 10.5 Å². The highest BCUT2D eigenvalue weighted by molar-refractivity contribution is 6.35. The lowest BCUT2D eigenvalue weighted by atomic mass is 9.98. The molecule has 94 valence electrons. The Morgan fingerprint density at radius 3 is 2.88 bits per heavy atom. The van der Waals surface area contributed by atoms with Crippen LogP contribution in [0.5, 0.6) is 0 Å². The minimum absolute atomic E-state index is 0.0209. The van der Waals surface area contributed by atoms with Gasteiger partial charge in [0, 0.05) is 23.1 Å². The maximum Gasteiger partial charge on any atom is 0.0894 e. The lowest BCUT2D eigenvalue weighted by Gasteiger charge is -2.39. The van der Waals surface area contributed by atoms with Crippen LogP contribution in [0.2, 0.25) is 10.0 Å². The molecule has 1 aliphatic heterocycles. The van der Waals surface area contributed by atoms with Crippen LogP contribution >= 0.6 is 23.2 Å². The maximum atomic E-state index is 6.24. The molecule has 2 N–H and O–H groups in total. The molecule has 1 aromatic rings. The number of ether oxygens (including phenoxy) is 1. The number of benzene rings is 1. The Hall–Kier alpha value is -0.320. The number of morpholine rings is 1. The van der Waals surface area contributed by atoms with Crippen molar-refractivity contribution in [3.63, 3.8) is 0 Å². The van der Waals surface area contributed by atoms with Gasteiger partial charge in [-0.15, -0.1) is 0 Å². The topological polar surface area (TPSA) is 38.5 Å². The molecule has 1 saturated heterocycles. The molecule has 1 aromatic carbocycles. The SMILES string of the molecule is CN1CCOC(CN)C1c1ccc(Cl)cc1Cl. The van der Waals surface area contributed by atoms with Crippen molar-refractivity contribution in [1.82, 2.24) is 4.90 Å². The molecule has 17 heavy (non-hydrogen) atoms. The molecule has 0 aliphatic carbocycles. The predicted octanol–water partition coefficient (Wildman–Crippen LogP) is 2.32. The summed E-state index contributed by atoms with van der Waals surface area (Å²) in [7, 11) is 2.06. The molecular weight excluding hydrogens is 259 g/mol. The summed E-state index contributed by atoms with van der Waals surface area (Å²) in [5.41, 5.74) is 6.77. The van der Waals surface area contributed by atoms with E-state index in [1.807, 2.05) is 12.1 Å². The molecule has 1 aliphatic rings. The summed E-state index contributed by atoms with van der Waals surface area (Å²) in [4.78, 5) is 2.22. The first kappa shape index (κ1) is 13.1. The van der Waals surface area contributed by atoms with E-state index in [0.717, 1.165) is 12.1 Å². The van der Waals surface area contributed by atoms with E-state index < -0.39 is 0 Å². The van der Waals surface area contributed by atoms with Crippen LogP contribution in [-0.4, -0.2) is 37.7 Å². The molecule has 0 radical (unpaired) electrons. The van der Waals surface area contributed by atoms with Crippen molar-refractivity contribution in [2.75, 3.05) is 26.7 Å². The summed E-state index contributed by atoms with van der Waals surface area (Å²) in [5.74, 6) is 0. The Bertz CT molecular complexity index is 400. The lowest BCUT2D eigenvalue weighted by Crippen LogP contribution is -2.46. The molecule has 2 unspecified atom stereocenters. The van der Waals surface area contributed by atoms with Gasteiger partial charge in [-0.3, -0.25) is 4.90 Å². The Balaban J connectivity index is 2.34. The minimum Gasteiger partial charge on any atom is -0.374 e. The molecule has 0 bridgehead atoms. The van der Waals surface area contributed by atoms with Crippen molar-refractivity contribution in [3.8, 4) is 0 Å². The highest BCUT2D eigenvalue weighted by Gasteiger charge is 2.31. The van der Waals surface area contributed by atoms with Crippen LogP contribution in [0.1, 0.15) is 11.6 Å². The number of rotatable bonds is 2. The van der Waals surface area contributed by atoms with E-state index in [2.05, 4.69) is 11.9 Å².